The van der Waals surface area contributed by atoms with Gasteiger partial charge in [-0.15, -0.1) is 0 Å². The van der Waals surface area contributed by atoms with Crippen LogP contribution >= 0.6 is 11.6 Å². The Balaban J connectivity index is 1.98. The lowest BCUT2D eigenvalue weighted by molar-refractivity contribution is 0.0874. The lowest BCUT2D eigenvalue weighted by atomic mass is 9.94. The number of hydrogen-bond donors (Lipinski definition) is 1. The molecule has 1 aromatic rings. The first-order chi connectivity index (χ1) is 10.2. The largest absolute Gasteiger partial charge is 0.348 e. The standard InChI is InChI=1S/C16H18ClN3O/c17-13-6-2-1-5-11-9-12-15(21)18-10-16(7-3-4-8-16)20(12)14(11)19-13/h1,5,9H,2-4,6-8,10H2,(H,18,21)/b5-1-,19-13+. The highest BCUT2D eigenvalue weighted by atomic mass is 35.5. The average Bonchev–Trinajstić information content (AvgIpc) is 3.04. The maximum atomic E-state index is 12.3. The van der Waals surface area contributed by atoms with Gasteiger partial charge in [-0.25, -0.2) is 4.99 Å². The number of hydrogen-bond acceptors (Lipinski definition) is 2. The minimum atomic E-state index is -0.00939. The van der Waals surface area contributed by atoms with Crippen molar-refractivity contribution in [3.8, 4) is 0 Å². The number of aromatic nitrogens is 1. The Labute approximate surface area is 128 Å². The van der Waals surface area contributed by atoms with E-state index in [1.165, 1.54) is 12.8 Å². The zero-order valence-corrected chi connectivity index (χ0v) is 12.6. The van der Waals surface area contributed by atoms with Crippen LogP contribution in [0.3, 0.4) is 0 Å². The molecule has 1 N–H and O–H groups in total. The number of halogens is 1. The minimum absolute atomic E-state index is 0.000931. The third-order valence-electron chi connectivity index (χ3n) is 4.86. The van der Waals surface area contributed by atoms with Crippen LogP contribution in [0.4, 0.5) is 5.82 Å². The van der Waals surface area contributed by atoms with E-state index >= 15 is 0 Å². The Morgan fingerprint density at radius 2 is 2.14 bits per heavy atom. The summed E-state index contributed by atoms with van der Waals surface area (Å²) in [4.78, 5) is 16.9. The molecule has 1 aliphatic carbocycles. The first kappa shape index (κ1) is 13.1. The summed E-state index contributed by atoms with van der Waals surface area (Å²) in [6.45, 7) is 0.705. The van der Waals surface area contributed by atoms with Gasteiger partial charge in [0, 0.05) is 18.5 Å². The molecule has 3 aliphatic rings. The maximum absolute atomic E-state index is 12.3. The van der Waals surface area contributed by atoms with Crippen LogP contribution in [0.5, 0.6) is 0 Å². The first-order valence-corrected chi connectivity index (χ1v) is 8.01. The molecule has 0 aromatic carbocycles. The molecule has 1 spiro atoms. The highest BCUT2D eigenvalue weighted by Gasteiger charge is 2.43. The molecule has 0 bridgehead atoms. The van der Waals surface area contributed by atoms with Crippen molar-refractivity contribution >= 4 is 34.6 Å². The molecule has 3 heterocycles. The Bertz CT molecular complexity index is 665. The van der Waals surface area contributed by atoms with E-state index in [0.29, 0.717) is 11.7 Å². The van der Waals surface area contributed by atoms with Gasteiger partial charge in [0.25, 0.3) is 5.91 Å². The number of carbonyl (C=O) groups is 1. The van der Waals surface area contributed by atoms with Crippen LogP contribution in [-0.2, 0) is 5.54 Å². The Kier molecular flexibility index (Phi) is 2.96. The number of aliphatic imine (C=N–C) groups is 1. The lowest BCUT2D eigenvalue weighted by Crippen LogP contribution is -2.49. The Morgan fingerprint density at radius 3 is 2.95 bits per heavy atom. The quantitative estimate of drug-likeness (QED) is 0.782. The fourth-order valence-corrected chi connectivity index (χ4v) is 4.02. The summed E-state index contributed by atoms with van der Waals surface area (Å²) >= 11 is 6.25. The third kappa shape index (κ3) is 1.96. The molecule has 0 atom stereocenters. The number of carbonyl (C=O) groups excluding carboxylic acids is 1. The molecular formula is C16H18ClN3O. The highest BCUT2D eigenvalue weighted by molar-refractivity contribution is 6.65. The number of amides is 1. The monoisotopic (exact) mass is 303 g/mol. The van der Waals surface area contributed by atoms with Crippen molar-refractivity contribution in [1.82, 2.24) is 9.88 Å². The average molecular weight is 304 g/mol. The molecule has 2 aliphatic heterocycles. The second-order valence-corrected chi connectivity index (χ2v) is 6.62. The number of nitrogens with one attached hydrogen (secondary N) is 1. The van der Waals surface area contributed by atoms with E-state index < -0.39 is 0 Å². The summed E-state index contributed by atoms with van der Waals surface area (Å²) in [5, 5.41) is 3.68. The molecule has 1 aromatic heterocycles. The van der Waals surface area contributed by atoms with Gasteiger partial charge in [0.1, 0.15) is 16.7 Å². The van der Waals surface area contributed by atoms with Crippen LogP contribution in [0.15, 0.2) is 17.1 Å². The Morgan fingerprint density at radius 1 is 1.33 bits per heavy atom. The van der Waals surface area contributed by atoms with Crippen LogP contribution < -0.4 is 5.32 Å². The van der Waals surface area contributed by atoms with Crippen molar-refractivity contribution in [3.05, 3.63) is 23.4 Å². The van der Waals surface area contributed by atoms with Gasteiger partial charge in [-0.05, 0) is 25.3 Å². The Hall–Kier alpha value is -1.55. The molecule has 4 nitrogen and oxygen atoms in total. The third-order valence-corrected chi connectivity index (χ3v) is 5.14. The number of rotatable bonds is 0. The van der Waals surface area contributed by atoms with Crippen LogP contribution in [-0.4, -0.2) is 22.2 Å². The molecule has 1 saturated carbocycles. The van der Waals surface area contributed by atoms with Gasteiger partial charge in [0.2, 0.25) is 0 Å². The number of fused-ring (bicyclic) bond motifs is 4. The van der Waals surface area contributed by atoms with Gasteiger partial charge >= 0.3 is 0 Å². The molecule has 0 saturated heterocycles. The summed E-state index contributed by atoms with van der Waals surface area (Å²) < 4.78 is 2.17. The fourth-order valence-electron chi connectivity index (χ4n) is 3.84. The van der Waals surface area contributed by atoms with Crippen molar-refractivity contribution in [3.63, 3.8) is 0 Å². The normalized spacial score (nSPS) is 27.1. The van der Waals surface area contributed by atoms with Gasteiger partial charge < -0.3 is 9.88 Å². The molecule has 0 unspecified atom stereocenters. The van der Waals surface area contributed by atoms with E-state index in [1.54, 1.807) is 0 Å². The minimum Gasteiger partial charge on any atom is -0.348 e. The van der Waals surface area contributed by atoms with Crippen LogP contribution in [0, 0.1) is 0 Å². The predicted octanol–water partition coefficient (Wildman–Crippen LogP) is 3.58. The molecule has 1 amide bonds. The second-order valence-electron chi connectivity index (χ2n) is 6.19. The number of nitrogens with zero attached hydrogens (tertiary/aromatic N) is 2. The summed E-state index contributed by atoms with van der Waals surface area (Å²) in [7, 11) is 0. The van der Waals surface area contributed by atoms with E-state index in [2.05, 4.69) is 27.0 Å². The van der Waals surface area contributed by atoms with Crippen LogP contribution in [0.25, 0.3) is 6.08 Å². The maximum Gasteiger partial charge on any atom is 0.268 e. The summed E-state index contributed by atoms with van der Waals surface area (Å²) in [6, 6.07) is 1.96. The molecule has 0 radical (unpaired) electrons. The van der Waals surface area contributed by atoms with Crippen molar-refractivity contribution in [2.24, 2.45) is 4.99 Å². The molecular weight excluding hydrogens is 286 g/mol. The summed E-state index contributed by atoms with van der Waals surface area (Å²) in [5.74, 6) is 0.863. The highest BCUT2D eigenvalue weighted by Crippen LogP contribution is 2.44. The van der Waals surface area contributed by atoms with Crippen molar-refractivity contribution in [2.45, 2.75) is 44.1 Å². The van der Waals surface area contributed by atoms with Crippen molar-refractivity contribution < 1.29 is 4.79 Å². The van der Waals surface area contributed by atoms with Gasteiger partial charge in [0.05, 0.1) is 5.54 Å². The van der Waals surface area contributed by atoms with E-state index in [9.17, 15) is 4.79 Å². The molecule has 110 valence electrons. The first-order valence-electron chi connectivity index (χ1n) is 7.64. The van der Waals surface area contributed by atoms with Gasteiger partial charge in [-0.3, -0.25) is 4.79 Å². The molecule has 5 heteroatoms. The van der Waals surface area contributed by atoms with Crippen LogP contribution in [0.2, 0.25) is 0 Å². The molecule has 4 rings (SSSR count). The molecule has 1 fully saturated rings. The fraction of sp³-hybridized carbons (Fsp3) is 0.500. The van der Waals surface area contributed by atoms with Gasteiger partial charge in [0.15, 0.2) is 0 Å². The predicted molar refractivity (Wildman–Crippen MR) is 84.4 cm³/mol. The summed E-state index contributed by atoms with van der Waals surface area (Å²) in [6.07, 6.45) is 10.4. The van der Waals surface area contributed by atoms with Gasteiger partial charge in [-0.1, -0.05) is 36.6 Å². The number of allylic oxidation sites excluding steroid dienone is 1. The SMILES string of the molecule is O=C1NCC2(CCCC2)n2c1cc1c2/N=C(/Cl)CC/C=C\1. The van der Waals surface area contributed by atoms with Crippen molar-refractivity contribution in [1.29, 1.82) is 0 Å². The van der Waals surface area contributed by atoms with Crippen LogP contribution in [0.1, 0.15) is 54.6 Å². The van der Waals surface area contributed by atoms with E-state index in [-0.39, 0.29) is 11.4 Å². The van der Waals surface area contributed by atoms with E-state index in [0.717, 1.165) is 42.8 Å². The zero-order chi connectivity index (χ0) is 14.4. The van der Waals surface area contributed by atoms with Crippen molar-refractivity contribution in [2.75, 3.05) is 6.54 Å². The van der Waals surface area contributed by atoms with E-state index in [4.69, 9.17) is 11.6 Å². The van der Waals surface area contributed by atoms with Gasteiger partial charge in [-0.2, -0.15) is 0 Å². The van der Waals surface area contributed by atoms with E-state index in [1.807, 2.05) is 6.07 Å². The zero-order valence-electron chi connectivity index (χ0n) is 11.9. The topological polar surface area (TPSA) is 46.4 Å². The second kappa shape index (κ2) is 4.73. The lowest BCUT2D eigenvalue weighted by Gasteiger charge is -2.37. The smallest absolute Gasteiger partial charge is 0.268 e. The molecule has 21 heavy (non-hydrogen) atoms. The summed E-state index contributed by atoms with van der Waals surface area (Å²) in [5.41, 5.74) is 1.73.